The number of alkyl halides is 1. The molecule has 0 aromatic heterocycles. The summed E-state index contributed by atoms with van der Waals surface area (Å²) in [5.74, 6) is 0.0634. The summed E-state index contributed by atoms with van der Waals surface area (Å²) in [6.07, 6.45) is 2.03. The number of rotatable bonds is 3. The molecule has 10 rings (SSSR count). The molecule has 2 nitrogen and oxygen atoms in total. The number of hydrogen-bond acceptors (Lipinski definition) is 2. The number of ether oxygens (including phenoxy) is 1. The second-order valence-corrected chi connectivity index (χ2v) is 37.0. The van der Waals surface area contributed by atoms with Crippen molar-refractivity contribution < 1.29 is 16.0 Å². The van der Waals surface area contributed by atoms with Gasteiger partial charge in [-0.25, -0.2) is 0 Å². The molecular formula is C14H15FeIO2. The van der Waals surface area contributed by atoms with Crippen molar-refractivity contribution in [2.24, 2.45) is 0 Å². The monoisotopic (exact) mass is 398 g/mol. The van der Waals surface area contributed by atoms with Crippen molar-refractivity contribution in [3.8, 4) is 0 Å². The predicted molar refractivity (Wildman–Crippen MR) is 70.7 cm³/mol. The zero-order valence-electron chi connectivity index (χ0n) is 10.1. The average molecular weight is 398 g/mol. The first-order valence-electron chi connectivity index (χ1n) is 7.35. The van der Waals surface area contributed by atoms with Crippen molar-refractivity contribution in [1.82, 2.24) is 0 Å². The van der Waals surface area contributed by atoms with E-state index in [0.29, 0.717) is 0 Å². The number of carbonyl (C=O) groups is 1. The number of hydrogen-bond donors (Lipinski definition) is 0. The fourth-order valence-corrected chi connectivity index (χ4v) is 111. The van der Waals surface area contributed by atoms with Gasteiger partial charge >= 0.3 is 110 Å². The molecule has 0 aromatic rings. The Morgan fingerprint density at radius 1 is 1.17 bits per heavy atom. The number of fused-ring (bicyclic) bond motifs is 10. The first-order chi connectivity index (χ1) is 8.39. The van der Waals surface area contributed by atoms with E-state index in [0.717, 1.165) is 13.1 Å². The molecule has 0 amide bonds. The molecule has 98 valence electrons. The molecule has 10 saturated heterocycles. The van der Waals surface area contributed by atoms with Crippen molar-refractivity contribution in [3.63, 3.8) is 0 Å². The SMILES string of the molecule is COC(=O)CC[C]12[CH]3[CH]4[CH]5[CH]1[Fe]45321678[CH]2[CH]1[CH]6[C]7(I)[CH]28. The summed E-state index contributed by atoms with van der Waals surface area (Å²) >= 11 is 3.02. The zero-order valence-corrected chi connectivity index (χ0v) is 13.3. The van der Waals surface area contributed by atoms with Gasteiger partial charge in [-0.1, -0.05) is 0 Å². The summed E-state index contributed by atoms with van der Waals surface area (Å²) in [7, 11) is 1.56. The summed E-state index contributed by atoms with van der Waals surface area (Å²) in [5, 5.41) is 0. The maximum atomic E-state index is 11.6. The molecule has 0 radical (unpaired) electrons. The minimum absolute atomic E-state index is 0.0634. The Balaban J connectivity index is 1.41. The Kier molecular flexibility index (Phi) is 0.274. The summed E-state index contributed by atoms with van der Waals surface area (Å²) in [4.78, 5) is 22.3. The fourth-order valence-electron chi connectivity index (χ4n) is 17.8. The molecule has 18 heavy (non-hydrogen) atoms. The van der Waals surface area contributed by atoms with Gasteiger partial charge in [-0.05, 0) is 0 Å². The summed E-state index contributed by atoms with van der Waals surface area (Å²) < 4.78 is 6.76. The first kappa shape index (κ1) is 7.65. The Labute approximate surface area is 109 Å². The van der Waals surface area contributed by atoms with E-state index in [-0.39, 0.29) is 5.97 Å². The van der Waals surface area contributed by atoms with Gasteiger partial charge in [-0.15, -0.1) is 0 Å². The maximum absolute atomic E-state index is 11.6. The van der Waals surface area contributed by atoms with Crippen molar-refractivity contribution in [2.75, 3.05) is 7.11 Å². The van der Waals surface area contributed by atoms with E-state index >= 15 is 0 Å². The quantitative estimate of drug-likeness (QED) is 0.311. The molecule has 0 bridgehead atoms. The molecule has 0 aromatic carbocycles. The first-order valence-corrected chi connectivity index (χ1v) is 14.6. The number of esters is 1. The van der Waals surface area contributed by atoms with Gasteiger partial charge in [0.2, 0.25) is 0 Å². The van der Waals surface area contributed by atoms with E-state index in [1.54, 1.807) is 7.11 Å². The van der Waals surface area contributed by atoms with Gasteiger partial charge in [0.25, 0.3) is 0 Å². The number of halogens is 1. The Hall–Kier alpha value is 0.719. The third-order valence-electron chi connectivity index (χ3n) is 15.9. The van der Waals surface area contributed by atoms with Crippen LogP contribution in [0.3, 0.4) is 0 Å². The Morgan fingerprint density at radius 3 is 2.00 bits per heavy atom. The normalized spacial score (nSPS) is 117. The molecule has 10 aliphatic rings. The second kappa shape index (κ2) is 0.644. The van der Waals surface area contributed by atoms with Crippen molar-refractivity contribution >= 4 is 28.6 Å². The van der Waals surface area contributed by atoms with E-state index in [1.165, 1.54) is 45.0 Å². The topological polar surface area (TPSA) is 26.3 Å². The number of methoxy groups -OCH3 is 1. The van der Waals surface area contributed by atoms with Gasteiger partial charge in [0, 0.05) is 0 Å². The molecule has 10 heterocycles. The average Bonchev–Trinajstić information content (AvgIpc) is 3.30. The van der Waals surface area contributed by atoms with Crippen LogP contribution in [-0.4, -0.2) is 15.4 Å². The van der Waals surface area contributed by atoms with E-state index in [4.69, 9.17) is 4.74 Å². The van der Waals surface area contributed by atoms with Crippen LogP contribution >= 0.6 is 22.6 Å². The molecule has 8 atom stereocenters. The molecule has 8 unspecified atom stereocenters. The van der Waals surface area contributed by atoms with E-state index in [2.05, 4.69) is 22.6 Å². The molecule has 1 spiro atoms. The van der Waals surface area contributed by atoms with Crippen LogP contribution in [0.4, 0.5) is 0 Å². The molecule has 0 saturated carbocycles. The van der Waals surface area contributed by atoms with Gasteiger partial charge in [-0.2, -0.15) is 0 Å². The molecular weight excluding hydrogens is 383 g/mol. The zero-order chi connectivity index (χ0) is 11.6. The van der Waals surface area contributed by atoms with Crippen molar-refractivity contribution in [1.29, 1.82) is 0 Å². The van der Waals surface area contributed by atoms with Gasteiger partial charge < -0.3 is 0 Å². The van der Waals surface area contributed by atoms with Crippen LogP contribution in [0.2, 0.25) is 42.8 Å². The molecule has 0 N–H and O–H groups in total. The van der Waals surface area contributed by atoms with Gasteiger partial charge in [0.1, 0.15) is 0 Å². The van der Waals surface area contributed by atoms with E-state index < -0.39 is 6.51 Å². The standard InChI is InChI=1S/C9H11O2.C5H4I.Fe/c1-11-9(10)7-6-8-4-2-3-5-8;6-5-3-1-2-4-5;/h2-5H,6-7H2,1H3;1-4H;. The van der Waals surface area contributed by atoms with E-state index in [1.807, 2.05) is 0 Å². The molecule has 0 aliphatic carbocycles. The predicted octanol–water partition coefficient (Wildman–Crippen LogP) is 4.04. The third kappa shape index (κ3) is 0.0750. The summed E-state index contributed by atoms with van der Waals surface area (Å²) in [6.45, 7) is -3.02. The molecule has 4 heteroatoms. The van der Waals surface area contributed by atoms with Crippen LogP contribution in [0.5, 0.6) is 0 Å². The van der Waals surface area contributed by atoms with Crippen LogP contribution < -0.4 is 0 Å². The molecule has 10 fully saturated rings. The van der Waals surface area contributed by atoms with Gasteiger partial charge in [0.05, 0.1) is 0 Å². The Bertz CT molecular complexity index is 1050. The molecule has 10 aliphatic heterocycles. The van der Waals surface area contributed by atoms with Crippen LogP contribution in [0, 0.1) is 0 Å². The number of carbonyl (C=O) groups excluding carboxylic acids is 1. The second-order valence-electron chi connectivity index (χ2n) is 10.9. The van der Waals surface area contributed by atoms with E-state index in [9.17, 15) is 4.79 Å². The van der Waals surface area contributed by atoms with Gasteiger partial charge in [-0.3, -0.25) is 0 Å². The van der Waals surface area contributed by atoms with Crippen LogP contribution in [0.25, 0.3) is 0 Å². The third-order valence-corrected chi connectivity index (χ3v) is 69.2. The van der Waals surface area contributed by atoms with Crippen LogP contribution in [0.1, 0.15) is 12.8 Å². The fraction of sp³-hybridized carbons (Fsp3) is 0.929. The van der Waals surface area contributed by atoms with Crippen LogP contribution in [-0.2, 0) is 16.0 Å². The summed E-state index contributed by atoms with van der Waals surface area (Å²) in [5.41, 5.74) is 0. The van der Waals surface area contributed by atoms with Gasteiger partial charge in [0.15, 0.2) is 0 Å². The Morgan fingerprint density at radius 2 is 1.72 bits per heavy atom. The van der Waals surface area contributed by atoms with Crippen LogP contribution in [0.15, 0.2) is 0 Å². The van der Waals surface area contributed by atoms with Crippen molar-refractivity contribution in [3.05, 3.63) is 0 Å². The minimum atomic E-state index is -3.02. The van der Waals surface area contributed by atoms with Crippen molar-refractivity contribution in [2.45, 2.75) is 58.0 Å². The summed E-state index contributed by atoms with van der Waals surface area (Å²) in [6, 6.07) is 0.